The summed E-state index contributed by atoms with van der Waals surface area (Å²) in [6, 6.07) is 8.40. The monoisotopic (exact) mass is 193 g/mol. The first-order chi connectivity index (χ1) is 6.25. The van der Waals surface area contributed by atoms with Crippen LogP contribution in [0.4, 0.5) is 5.69 Å². The van der Waals surface area contributed by atoms with E-state index in [1.165, 1.54) is 10.6 Å². The number of thioether (sulfide) groups is 1. The van der Waals surface area contributed by atoms with Crippen LogP contribution in [0.3, 0.4) is 0 Å². The van der Waals surface area contributed by atoms with Gasteiger partial charge in [-0.1, -0.05) is 18.2 Å². The summed E-state index contributed by atoms with van der Waals surface area (Å²) in [5.41, 5.74) is 1.27. The third-order valence-corrected chi connectivity index (χ3v) is 2.76. The molecule has 0 bridgehead atoms. The van der Waals surface area contributed by atoms with Gasteiger partial charge in [-0.3, -0.25) is 0 Å². The number of hydrogen-bond acceptors (Lipinski definition) is 2. The standard InChI is InChI=1S/C11H15NS/c1-4-9-13-11-8-6-5-7-10(11)12(2)3/h4-8H,1,9H2,2-3H3. The lowest BCUT2D eigenvalue weighted by Crippen LogP contribution is -2.09. The molecule has 0 aliphatic rings. The summed E-state index contributed by atoms with van der Waals surface area (Å²) in [6.07, 6.45) is 1.93. The second kappa shape index (κ2) is 4.97. The van der Waals surface area contributed by atoms with Crippen LogP contribution >= 0.6 is 11.8 Å². The molecule has 0 heterocycles. The number of rotatable bonds is 4. The van der Waals surface area contributed by atoms with E-state index in [1.54, 1.807) is 0 Å². The molecule has 1 aromatic carbocycles. The predicted octanol–water partition coefficient (Wildman–Crippen LogP) is 3.03. The van der Waals surface area contributed by atoms with Gasteiger partial charge in [0.15, 0.2) is 0 Å². The first-order valence-electron chi connectivity index (χ1n) is 4.25. The fraction of sp³-hybridized carbons (Fsp3) is 0.273. The molecule has 2 heteroatoms. The summed E-state index contributed by atoms with van der Waals surface area (Å²) >= 11 is 1.82. The number of hydrogen-bond donors (Lipinski definition) is 0. The Bertz CT molecular complexity index is 281. The van der Waals surface area contributed by atoms with E-state index in [-0.39, 0.29) is 0 Å². The zero-order chi connectivity index (χ0) is 9.68. The molecule has 70 valence electrons. The maximum Gasteiger partial charge on any atom is 0.0499 e. The van der Waals surface area contributed by atoms with Crippen molar-refractivity contribution in [1.29, 1.82) is 0 Å². The second-order valence-corrected chi connectivity index (χ2v) is 4.02. The van der Waals surface area contributed by atoms with Crippen LogP contribution in [0.2, 0.25) is 0 Å². The van der Waals surface area contributed by atoms with E-state index in [9.17, 15) is 0 Å². The summed E-state index contributed by atoms with van der Waals surface area (Å²) in [5, 5.41) is 0. The van der Waals surface area contributed by atoms with Crippen molar-refractivity contribution < 1.29 is 0 Å². The zero-order valence-electron chi connectivity index (χ0n) is 8.16. The van der Waals surface area contributed by atoms with Gasteiger partial charge in [-0.2, -0.15) is 0 Å². The topological polar surface area (TPSA) is 3.24 Å². The average molecular weight is 193 g/mol. The Hall–Kier alpha value is -0.890. The van der Waals surface area contributed by atoms with E-state index >= 15 is 0 Å². The molecule has 0 saturated heterocycles. The van der Waals surface area contributed by atoms with Gasteiger partial charge in [-0.05, 0) is 12.1 Å². The van der Waals surface area contributed by atoms with Crippen molar-refractivity contribution in [2.45, 2.75) is 4.90 Å². The summed E-state index contributed by atoms with van der Waals surface area (Å²) in [6.45, 7) is 3.72. The lowest BCUT2D eigenvalue weighted by molar-refractivity contribution is 1.10. The van der Waals surface area contributed by atoms with Gasteiger partial charge >= 0.3 is 0 Å². The van der Waals surface area contributed by atoms with Crippen LogP contribution < -0.4 is 4.90 Å². The number of para-hydroxylation sites is 1. The highest BCUT2D eigenvalue weighted by Crippen LogP contribution is 2.28. The van der Waals surface area contributed by atoms with Crippen molar-refractivity contribution in [3.8, 4) is 0 Å². The lowest BCUT2D eigenvalue weighted by atomic mass is 10.3. The molecular formula is C11H15NS. The molecule has 0 N–H and O–H groups in total. The SMILES string of the molecule is C=CCSc1ccccc1N(C)C. The fourth-order valence-electron chi connectivity index (χ4n) is 1.10. The maximum atomic E-state index is 3.72. The molecule has 0 atom stereocenters. The Morgan fingerprint density at radius 3 is 2.69 bits per heavy atom. The predicted molar refractivity (Wildman–Crippen MR) is 61.7 cm³/mol. The molecule has 0 amide bonds. The molecular weight excluding hydrogens is 178 g/mol. The summed E-state index contributed by atoms with van der Waals surface area (Å²) in [5.74, 6) is 0.963. The van der Waals surface area contributed by atoms with Gasteiger partial charge in [0.1, 0.15) is 0 Å². The van der Waals surface area contributed by atoms with Gasteiger partial charge in [0.2, 0.25) is 0 Å². The van der Waals surface area contributed by atoms with Gasteiger partial charge in [0.05, 0.1) is 0 Å². The Labute approximate surface area is 84.4 Å². The van der Waals surface area contributed by atoms with Gasteiger partial charge in [0, 0.05) is 30.4 Å². The number of anilines is 1. The quantitative estimate of drug-likeness (QED) is 0.534. The molecule has 0 fully saturated rings. The van der Waals surface area contributed by atoms with Gasteiger partial charge in [-0.25, -0.2) is 0 Å². The van der Waals surface area contributed by atoms with Crippen molar-refractivity contribution >= 4 is 17.4 Å². The molecule has 0 unspecified atom stereocenters. The van der Waals surface area contributed by atoms with E-state index in [0.29, 0.717) is 0 Å². The summed E-state index contributed by atoms with van der Waals surface area (Å²) < 4.78 is 0. The number of nitrogens with zero attached hydrogens (tertiary/aromatic N) is 1. The van der Waals surface area contributed by atoms with Gasteiger partial charge in [-0.15, -0.1) is 18.3 Å². The molecule has 1 aromatic rings. The van der Waals surface area contributed by atoms with Crippen molar-refractivity contribution in [2.75, 3.05) is 24.7 Å². The van der Waals surface area contributed by atoms with E-state index in [0.717, 1.165) is 5.75 Å². The highest BCUT2D eigenvalue weighted by molar-refractivity contribution is 7.99. The largest absolute Gasteiger partial charge is 0.377 e. The van der Waals surface area contributed by atoms with Gasteiger partial charge in [0.25, 0.3) is 0 Å². The van der Waals surface area contributed by atoms with E-state index in [4.69, 9.17) is 0 Å². The molecule has 0 spiro atoms. The normalized spacial score (nSPS) is 9.69. The molecule has 0 aromatic heterocycles. The lowest BCUT2D eigenvalue weighted by Gasteiger charge is -2.16. The van der Waals surface area contributed by atoms with Gasteiger partial charge < -0.3 is 4.90 Å². The summed E-state index contributed by atoms with van der Waals surface area (Å²) in [4.78, 5) is 3.44. The molecule has 0 saturated carbocycles. The third-order valence-electron chi connectivity index (χ3n) is 1.70. The minimum absolute atomic E-state index is 0.963. The Morgan fingerprint density at radius 1 is 1.38 bits per heavy atom. The van der Waals surface area contributed by atoms with Crippen molar-refractivity contribution in [3.05, 3.63) is 36.9 Å². The second-order valence-electron chi connectivity index (χ2n) is 2.96. The first-order valence-corrected chi connectivity index (χ1v) is 5.24. The number of benzene rings is 1. The van der Waals surface area contributed by atoms with E-state index < -0.39 is 0 Å². The Morgan fingerprint density at radius 2 is 2.08 bits per heavy atom. The zero-order valence-corrected chi connectivity index (χ0v) is 8.97. The minimum Gasteiger partial charge on any atom is -0.377 e. The molecule has 0 aliphatic carbocycles. The molecule has 1 nitrogen and oxygen atoms in total. The highest BCUT2D eigenvalue weighted by atomic mass is 32.2. The molecule has 13 heavy (non-hydrogen) atoms. The first kappa shape index (κ1) is 10.2. The molecule has 0 aliphatic heterocycles. The molecule has 0 radical (unpaired) electrons. The third kappa shape index (κ3) is 2.81. The van der Waals surface area contributed by atoms with Crippen molar-refractivity contribution in [3.63, 3.8) is 0 Å². The minimum atomic E-state index is 0.963. The van der Waals surface area contributed by atoms with Crippen LogP contribution in [-0.2, 0) is 0 Å². The van der Waals surface area contributed by atoms with Crippen LogP contribution in [0.1, 0.15) is 0 Å². The van der Waals surface area contributed by atoms with Crippen molar-refractivity contribution in [2.24, 2.45) is 0 Å². The van der Waals surface area contributed by atoms with Crippen LogP contribution in [-0.4, -0.2) is 19.8 Å². The van der Waals surface area contributed by atoms with Crippen LogP contribution in [0, 0.1) is 0 Å². The highest BCUT2D eigenvalue weighted by Gasteiger charge is 2.01. The summed E-state index contributed by atoms with van der Waals surface area (Å²) in [7, 11) is 4.13. The van der Waals surface area contributed by atoms with E-state index in [1.807, 2.05) is 17.8 Å². The average Bonchev–Trinajstić information content (AvgIpc) is 2.15. The molecule has 1 rings (SSSR count). The van der Waals surface area contributed by atoms with Crippen LogP contribution in [0.25, 0.3) is 0 Å². The maximum absolute atomic E-state index is 3.72. The van der Waals surface area contributed by atoms with Crippen LogP contribution in [0.5, 0.6) is 0 Å². The van der Waals surface area contributed by atoms with Crippen molar-refractivity contribution in [1.82, 2.24) is 0 Å². The fourth-order valence-corrected chi connectivity index (χ4v) is 1.97. The van der Waals surface area contributed by atoms with Crippen LogP contribution in [0.15, 0.2) is 41.8 Å². The smallest absolute Gasteiger partial charge is 0.0499 e. The van der Waals surface area contributed by atoms with E-state index in [2.05, 4.69) is 49.8 Å². The Balaban J connectivity index is 2.84. The Kier molecular flexibility index (Phi) is 3.90.